The van der Waals surface area contributed by atoms with E-state index in [0.717, 1.165) is 16.9 Å². The Balaban J connectivity index is 1.93. The predicted octanol–water partition coefficient (Wildman–Crippen LogP) is 3.28. The van der Waals surface area contributed by atoms with Crippen molar-refractivity contribution in [1.29, 1.82) is 0 Å². The smallest absolute Gasteiger partial charge is 0.218 e. The summed E-state index contributed by atoms with van der Waals surface area (Å²) in [5.41, 5.74) is 1.40. The van der Waals surface area contributed by atoms with Crippen LogP contribution in [0.15, 0.2) is 58.6 Å². The minimum absolute atomic E-state index is 0.493. The van der Waals surface area contributed by atoms with Crippen LogP contribution >= 0.6 is 23.4 Å². The van der Waals surface area contributed by atoms with E-state index in [-0.39, 0.29) is 0 Å². The maximum atomic E-state index is 10.7. The number of halogens is 1. The molecule has 0 unspecified atom stereocenters. The number of hydrogen-bond donors (Lipinski definition) is 0. The van der Waals surface area contributed by atoms with Crippen molar-refractivity contribution in [3.8, 4) is 5.69 Å². The van der Waals surface area contributed by atoms with Gasteiger partial charge in [-0.25, -0.2) is 0 Å². The highest BCUT2D eigenvalue weighted by Crippen LogP contribution is 2.32. The van der Waals surface area contributed by atoms with Crippen LogP contribution in [0.3, 0.4) is 0 Å². The molecule has 0 aliphatic carbocycles. The van der Waals surface area contributed by atoms with Crippen LogP contribution in [-0.2, 0) is 0 Å². The number of hydrogen-bond acceptors (Lipinski definition) is 5. The zero-order chi connectivity index (χ0) is 14.7. The van der Waals surface area contributed by atoms with E-state index < -0.39 is 0 Å². The molecule has 0 fully saturated rings. The normalized spacial score (nSPS) is 10.5. The van der Waals surface area contributed by atoms with Crippen LogP contribution in [0.25, 0.3) is 5.69 Å². The molecule has 0 saturated heterocycles. The van der Waals surface area contributed by atoms with Crippen LogP contribution in [0.2, 0.25) is 5.02 Å². The molecule has 0 spiro atoms. The third-order valence-corrected chi connectivity index (χ3v) is 4.17. The zero-order valence-corrected chi connectivity index (χ0v) is 12.3. The summed E-state index contributed by atoms with van der Waals surface area (Å²) in [6.45, 7) is 0. The van der Waals surface area contributed by atoms with Gasteiger partial charge in [-0.1, -0.05) is 35.9 Å². The molecule has 0 aliphatic heterocycles. The van der Waals surface area contributed by atoms with E-state index >= 15 is 0 Å². The molecule has 2 aromatic carbocycles. The van der Waals surface area contributed by atoms with Gasteiger partial charge in [0.25, 0.3) is 0 Å². The summed E-state index contributed by atoms with van der Waals surface area (Å²) < 4.78 is 1.63. The fourth-order valence-electron chi connectivity index (χ4n) is 1.75. The molecule has 0 amide bonds. The third-order valence-electron chi connectivity index (χ3n) is 2.73. The fraction of sp³-hybridized carbons (Fsp3) is 0. The molecule has 3 rings (SSSR count). The first-order valence-corrected chi connectivity index (χ1v) is 7.24. The Morgan fingerprint density at radius 2 is 1.95 bits per heavy atom. The van der Waals surface area contributed by atoms with Crippen LogP contribution in [0.4, 0.5) is 0 Å². The van der Waals surface area contributed by atoms with Crippen molar-refractivity contribution in [2.24, 2.45) is 0 Å². The van der Waals surface area contributed by atoms with Gasteiger partial charge < -0.3 is 0 Å². The Labute approximate surface area is 129 Å². The highest BCUT2D eigenvalue weighted by Gasteiger charge is 2.12. The fourth-order valence-corrected chi connectivity index (χ4v) is 2.84. The van der Waals surface area contributed by atoms with Crippen LogP contribution < -0.4 is 0 Å². The largest absolute Gasteiger partial charge is 0.298 e. The lowest BCUT2D eigenvalue weighted by molar-refractivity contribution is 0.112. The van der Waals surface area contributed by atoms with E-state index in [9.17, 15) is 4.79 Å². The SMILES string of the molecule is O=Cc1ccc(Sc2nnnn2-c2ccccc2)c(Cl)c1. The summed E-state index contributed by atoms with van der Waals surface area (Å²) in [5, 5.41) is 12.8. The van der Waals surface area contributed by atoms with Crippen molar-refractivity contribution in [2.75, 3.05) is 0 Å². The average molecular weight is 317 g/mol. The highest BCUT2D eigenvalue weighted by molar-refractivity contribution is 7.99. The monoisotopic (exact) mass is 316 g/mol. The Morgan fingerprint density at radius 1 is 1.14 bits per heavy atom. The first-order chi connectivity index (χ1) is 10.3. The molecule has 0 N–H and O–H groups in total. The Kier molecular flexibility index (Phi) is 3.98. The first kappa shape index (κ1) is 13.8. The summed E-state index contributed by atoms with van der Waals surface area (Å²) in [7, 11) is 0. The van der Waals surface area contributed by atoms with Gasteiger partial charge in [0.2, 0.25) is 5.16 Å². The number of rotatable bonds is 4. The number of carbonyl (C=O) groups excluding carboxylic acids is 1. The minimum atomic E-state index is 0.493. The van der Waals surface area contributed by atoms with Gasteiger partial charge >= 0.3 is 0 Å². The third kappa shape index (κ3) is 2.96. The lowest BCUT2D eigenvalue weighted by Gasteiger charge is -2.05. The number of tetrazole rings is 1. The van der Waals surface area contributed by atoms with Gasteiger partial charge in [0, 0.05) is 10.5 Å². The van der Waals surface area contributed by atoms with Crippen molar-refractivity contribution in [3.63, 3.8) is 0 Å². The lowest BCUT2D eigenvalue weighted by atomic mass is 10.2. The molecule has 104 valence electrons. The van der Waals surface area contributed by atoms with Crippen molar-refractivity contribution >= 4 is 29.6 Å². The van der Waals surface area contributed by atoms with Gasteiger partial charge in [-0.2, -0.15) is 4.68 Å². The van der Waals surface area contributed by atoms with Crippen molar-refractivity contribution in [3.05, 3.63) is 59.1 Å². The summed E-state index contributed by atoms with van der Waals surface area (Å²) in [4.78, 5) is 11.5. The van der Waals surface area contributed by atoms with Gasteiger partial charge in [0.15, 0.2) is 0 Å². The molecule has 0 aliphatic rings. The minimum Gasteiger partial charge on any atom is -0.298 e. The molecule has 3 aromatic rings. The van der Waals surface area contributed by atoms with Crippen LogP contribution in [0, 0.1) is 0 Å². The Morgan fingerprint density at radius 3 is 2.67 bits per heavy atom. The van der Waals surface area contributed by atoms with E-state index in [0.29, 0.717) is 15.7 Å². The maximum absolute atomic E-state index is 10.7. The summed E-state index contributed by atoms with van der Waals surface area (Å²) in [6.07, 6.45) is 0.758. The summed E-state index contributed by atoms with van der Waals surface area (Å²) in [6, 6.07) is 14.7. The predicted molar refractivity (Wildman–Crippen MR) is 80.1 cm³/mol. The Bertz CT molecular complexity index is 776. The van der Waals surface area contributed by atoms with Gasteiger partial charge in [-0.15, -0.1) is 5.10 Å². The van der Waals surface area contributed by atoms with E-state index in [1.54, 1.807) is 22.9 Å². The quantitative estimate of drug-likeness (QED) is 0.691. The van der Waals surface area contributed by atoms with Gasteiger partial charge in [0.1, 0.15) is 6.29 Å². The maximum Gasteiger partial charge on any atom is 0.218 e. The van der Waals surface area contributed by atoms with Gasteiger partial charge in [-0.05, 0) is 46.5 Å². The number of carbonyl (C=O) groups is 1. The van der Waals surface area contributed by atoms with Crippen molar-refractivity contribution in [2.45, 2.75) is 10.1 Å². The second kappa shape index (κ2) is 6.07. The number of benzene rings is 2. The van der Waals surface area contributed by atoms with E-state index in [1.165, 1.54) is 11.8 Å². The molecule has 0 radical (unpaired) electrons. The van der Waals surface area contributed by atoms with Crippen LogP contribution in [-0.4, -0.2) is 26.5 Å². The molecule has 21 heavy (non-hydrogen) atoms. The van der Waals surface area contributed by atoms with Crippen LogP contribution in [0.5, 0.6) is 0 Å². The molecular formula is C14H9ClN4OS. The number of para-hydroxylation sites is 1. The second-order valence-corrected chi connectivity index (χ2v) is 5.53. The summed E-state index contributed by atoms with van der Waals surface area (Å²) >= 11 is 7.51. The molecule has 0 bridgehead atoms. The average Bonchev–Trinajstić information content (AvgIpc) is 2.98. The number of aromatic nitrogens is 4. The molecular weight excluding hydrogens is 308 g/mol. The number of aldehydes is 1. The summed E-state index contributed by atoms with van der Waals surface area (Å²) in [5.74, 6) is 0. The zero-order valence-electron chi connectivity index (χ0n) is 10.7. The topological polar surface area (TPSA) is 60.7 Å². The molecule has 0 atom stereocenters. The molecule has 1 heterocycles. The van der Waals surface area contributed by atoms with Crippen molar-refractivity contribution in [1.82, 2.24) is 20.2 Å². The lowest BCUT2D eigenvalue weighted by Crippen LogP contribution is -1.98. The van der Waals surface area contributed by atoms with Gasteiger partial charge in [0.05, 0.1) is 10.7 Å². The Hall–Kier alpha value is -2.18. The van der Waals surface area contributed by atoms with E-state index in [1.807, 2.05) is 30.3 Å². The molecule has 0 saturated carbocycles. The first-order valence-electron chi connectivity index (χ1n) is 6.04. The van der Waals surface area contributed by atoms with Crippen molar-refractivity contribution < 1.29 is 4.79 Å². The van der Waals surface area contributed by atoms with E-state index in [4.69, 9.17) is 11.6 Å². The second-order valence-electron chi connectivity index (χ2n) is 4.12. The van der Waals surface area contributed by atoms with E-state index in [2.05, 4.69) is 15.5 Å². The van der Waals surface area contributed by atoms with Crippen LogP contribution in [0.1, 0.15) is 10.4 Å². The standard InChI is InChI=1S/C14H9ClN4OS/c15-12-8-10(9-20)6-7-13(12)21-14-16-17-18-19(14)11-4-2-1-3-5-11/h1-9H. The molecule has 1 aromatic heterocycles. The highest BCUT2D eigenvalue weighted by atomic mass is 35.5. The van der Waals surface area contributed by atoms with Gasteiger partial charge in [-0.3, -0.25) is 4.79 Å². The molecule has 7 heteroatoms. The number of nitrogens with zero attached hydrogens (tertiary/aromatic N) is 4. The molecule has 5 nitrogen and oxygen atoms in total.